The van der Waals surface area contributed by atoms with Crippen molar-refractivity contribution in [3.05, 3.63) is 48.0 Å². The van der Waals surface area contributed by atoms with Crippen molar-refractivity contribution >= 4 is 70.9 Å². The van der Waals surface area contributed by atoms with Gasteiger partial charge >= 0.3 is 5.97 Å². The van der Waals surface area contributed by atoms with Gasteiger partial charge in [-0.2, -0.15) is 0 Å². The third-order valence-corrected chi connectivity index (χ3v) is 11.5. The number of hydrogen-bond donors (Lipinski definition) is 19. The van der Waals surface area contributed by atoms with E-state index < -0.39 is 164 Å². The number of phenolic OH excluding ortho intramolecular Hbond substituents is 1. The van der Waals surface area contributed by atoms with Crippen molar-refractivity contribution in [1.29, 1.82) is 0 Å². The highest BCUT2D eigenvalue weighted by atomic mass is 16.4. The SMILES string of the molecule is CC(C)C[C@H](NC(=O)[C@H](CO)NC(=O)[C@@H](N)CCCCN)C(=O)N[C@@H](Cc1cnc[nH]1)C(=O)N[C@@H](CO)C(=O)N[C@@H](CC(N)=O)C(=O)NCC(=O)N[C@@H](CC(N)=O)C(=O)N[C@H](C(=O)N[C@@H](Cc1ccc(O)cc1)C(=O)O)[C@@H](C)O. The zero-order valence-electron chi connectivity index (χ0n) is 43.7. The number of primary amides is 2. The molecule has 32 nitrogen and oxygen atoms in total. The van der Waals surface area contributed by atoms with Gasteiger partial charge in [0.15, 0.2) is 0 Å². The highest BCUT2D eigenvalue weighted by Crippen LogP contribution is 2.13. The Morgan fingerprint density at radius 2 is 1.10 bits per heavy atom. The van der Waals surface area contributed by atoms with Crippen molar-refractivity contribution in [2.75, 3.05) is 26.3 Å². The van der Waals surface area contributed by atoms with E-state index in [9.17, 15) is 83.1 Å². The van der Waals surface area contributed by atoms with Crippen molar-refractivity contribution in [3.8, 4) is 5.75 Å². The Bertz CT molecular complexity index is 2410. The Balaban J connectivity index is 2.21. The van der Waals surface area contributed by atoms with Crippen molar-refractivity contribution in [3.63, 3.8) is 0 Å². The van der Waals surface area contributed by atoms with Crippen molar-refractivity contribution in [2.45, 2.75) is 133 Å². The molecule has 0 aliphatic carbocycles. The summed E-state index contributed by atoms with van der Waals surface area (Å²) in [6, 6.07) is -9.32. The van der Waals surface area contributed by atoms with Gasteiger partial charge in [-0.25, -0.2) is 9.78 Å². The summed E-state index contributed by atoms with van der Waals surface area (Å²) in [6.07, 6.45) is -0.231. The van der Waals surface area contributed by atoms with Crippen LogP contribution in [0.3, 0.4) is 0 Å². The van der Waals surface area contributed by atoms with Crippen LogP contribution >= 0.6 is 0 Å². The maximum atomic E-state index is 13.9. The second-order valence-electron chi connectivity index (χ2n) is 18.6. The topological polar surface area (TPSA) is 547 Å². The molecule has 23 N–H and O–H groups in total. The van der Waals surface area contributed by atoms with E-state index in [0.717, 1.165) is 6.92 Å². The molecule has 0 aliphatic heterocycles. The summed E-state index contributed by atoms with van der Waals surface area (Å²) in [5.74, 6) is -14.2. The average molecular weight is 1120 g/mol. The van der Waals surface area contributed by atoms with Crippen LogP contribution in [0, 0.1) is 5.92 Å². The van der Waals surface area contributed by atoms with Gasteiger partial charge in [0.05, 0.1) is 51.1 Å². The standard InChI is InChI=1S/C47H73N15O17/c1-22(2)12-28(56-44(75)33(19-63)60-39(70)27(49)6-4-5-11-48)41(72)57-29(14-25-17-52-21-54-25)42(73)61-34(20-64)45(76)58-30(15-35(50)67)40(71)53-18-37(69)55-31(16-36(51)68)43(74)62-38(23(3)65)46(77)59-32(47(78)79)13-24-7-9-26(66)10-8-24/h7-10,17,21-23,27-34,38,63-66H,4-6,11-16,18-20,48-49H2,1-3H3,(H2,50,67)(H2,51,68)(H,52,54)(H,53,71)(H,55,69)(H,56,75)(H,57,72)(H,58,76)(H,59,77)(H,60,70)(H,61,73)(H,62,74)(H,78,79)/t23-,27+,28+,29+,30+,31+,32+,33+,34+,38+/m1/s1. The van der Waals surface area contributed by atoms with E-state index in [0.29, 0.717) is 24.9 Å². The van der Waals surface area contributed by atoms with Gasteiger partial charge in [0.25, 0.3) is 0 Å². The molecule has 0 radical (unpaired) electrons. The highest BCUT2D eigenvalue weighted by molar-refractivity contribution is 5.99. The molecule has 0 bridgehead atoms. The third kappa shape index (κ3) is 24.3. The van der Waals surface area contributed by atoms with Gasteiger partial charge in [0, 0.05) is 24.7 Å². The number of carbonyl (C=O) groups is 12. The number of H-pyrrole nitrogens is 1. The molecule has 2 aromatic rings. The van der Waals surface area contributed by atoms with Gasteiger partial charge < -0.3 is 101 Å². The Morgan fingerprint density at radius 3 is 1.61 bits per heavy atom. The lowest BCUT2D eigenvalue weighted by Crippen LogP contribution is -2.61. The molecule has 1 aromatic heterocycles. The number of nitrogens with one attached hydrogen (secondary N) is 10. The molecular weight excluding hydrogens is 1050 g/mol. The largest absolute Gasteiger partial charge is 0.508 e. The number of aliphatic hydroxyl groups is 3. The molecule has 11 amide bonds. The van der Waals surface area contributed by atoms with Crippen LogP contribution in [0.1, 0.15) is 70.6 Å². The zero-order chi connectivity index (χ0) is 59.5. The number of aromatic nitrogens is 2. The van der Waals surface area contributed by atoms with Crippen molar-refractivity contribution in [2.24, 2.45) is 28.9 Å². The van der Waals surface area contributed by atoms with Crippen molar-refractivity contribution in [1.82, 2.24) is 57.8 Å². The van der Waals surface area contributed by atoms with E-state index in [4.69, 9.17) is 22.9 Å². The lowest BCUT2D eigenvalue weighted by Gasteiger charge is -2.27. The summed E-state index contributed by atoms with van der Waals surface area (Å²) in [5, 5.41) is 70.0. The Labute approximate surface area is 452 Å². The predicted molar refractivity (Wildman–Crippen MR) is 274 cm³/mol. The monoisotopic (exact) mass is 1120 g/mol. The normalized spacial score (nSPS) is 14.8. The fraction of sp³-hybridized carbons (Fsp3) is 0.553. The second-order valence-corrected chi connectivity index (χ2v) is 18.6. The second kappa shape index (κ2) is 33.7. The number of aliphatic carboxylic acids is 1. The number of carboxylic acid groups (broad SMARTS) is 1. The van der Waals surface area contributed by atoms with Gasteiger partial charge in [-0.05, 0) is 56.3 Å². The fourth-order valence-corrected chi connectivity index (χ4v) is 7.27. The number of nitrogens with zero attached hydrogens (tertiary/aromatic N) is 1. The number of carboxylic acids is 1. The number of carbonyl (C=O) groups excluding carboxylic acids is 11. The molecule has 1 heterocycles. The maximum absolute atomic E-state index is 13.9. The highest BCUT2D eigenvalue weighted by Gasteiger charge is 2.36. The van der Waals surface area contributed by atoms with Crippen LogP contribution < -0.4 is 70.8 Å². The number of unbranched alkanes of at least 4 members (excludes halogenated alkanes) is 1. The number of rotatable bonds is 36. The zero-order valence-corrected chi connectivity index (χ0v) is 43.7. The number of aliphatic hydroxyl groups excluding tert-OH is 3. The van der Waals surface area contributed by atoms with Crippen LogP contribution in [0.2, 0.25) is 0 Å². The number of aromatic amines is 1. The molecule has 32 heteroatoms. The number of aromatic hydroxyl groups is 1. The summed E-state index contributed by atoms with van der Waals surface area (Å²) in [5.41, 5.74) is 22.7. The van der Waals surface area contributed by atoms with Gasteiger partial charge in [-0.3, -0.25) is 52.7 Å². The molecule has 2 rings (SSSR count). The number of amides is 11. The molecule has 10 atom stereocenters. The van der Waals surface area contributed by atoms with Gasteiger partial charge in [0.2, 0.25) is 65.0 Å². The molecule has 0 aliphatic rings. The number of nitrogens with two attached hydrogens (primary N) is 4. The molecule has 438 valence electrons. The summed E-state index contributed by atoms with van der Waals surface area (Å²) in [4.78, 5) is 163. The van der Waals surface area contributed by atoms with Crippen LogP contribution in [0.4, 0.5) is 0 Å². The first-order valence-corrected chi connectivity index (χ1v) is 24.8. The number of benzene rings is 1. The minimum absolute atomic E-state index is 0.0236. The van der Waals surface area contributed by atoms with Crippen LogP contribution in [0.25, 0.3) is 0 Å². The predicted octanol–water partition coefficient (Wildman–Crippen LogP) is -8.40. The molecule has 0 spiro atoms. The molecular formula is C47H73N15O17. The molecule has 0 saturated carbocycles. The van der Waals surface area contributed by atoms with Gasteiger partial charge in [0.1, 0.15) is 54.1 Å². The van der Waals surface area contributed by atoms with E-state index in [1.807, 2.05) is 0 Å². The van der Waals surface area contributed by atoms with E-state index >= 15 is 0 Å². The van der Waals surface area contributed by atoms with E-state index in [-0.39, 0.29) is 43.0 Å². The summed E-state index contributed by atoms with van der Waals surface area (Å²) >= 11 is 0. The first kappa shape index (κ1) is 66.8. The number of phenols is 1. The summed E-state index contributed by atoms with van der Waals surface area (Å²) in [7, 11) is 0. The van der Waals surface area contributed by atoms with Crippen molar-refractivity contribution < 1.29 is 83.1 Å². The molecule has 0 unspecified atom stereocenters. The average Bonchev–Trinajstić information content (AvgIpc) is 3.90. The van der Waals surface area contributed by atoms with Crippen LogP contribution in [-0.4, -0.2) is 193 Å². The smallest absolute Gasteiger partial charge is 0.326 e. The van der Waals surface area contributed by atoms with Crippen LogP contribution in [0.5, 0.6) is 5.75 Å². The lowest BCUT2D eigenvalue weighted by molar-refractivity contribution is -0.143. The fourth-order valence-electron chi connectivity index (χ4n) is 7.27. The van der Waals surface area contributed by atoms with E-state index in [1.165, 1.54) is 36.8 Å². The van der Waals surface area contributed by atoms with Crippen LogP contribution in [-0.2, 0) is 70.4 Å². The number of hydrogen-bond acceptors (Lipinski definition) is 19. The lowest BCUT2D eigenvalue weighted by atomic mass is 10.0. The quantitative estimate of drug-likeness (QED) is 0.0282. The minimum Gasteiger partial charge on any atom is -0.508 e. The Kier molecular flexibility index (Phi) is 28.5. The third-order valence-electron chi connectivity index (χ3n) is 11.5. The van der Waals surface area contributed by atoms with E-state index in [2.05, 4.69) is 57.8 Å². The Hall–Kier alpha value is -8.33. The van der Waals surface area contributed by atoms with Crippen LogP contribution in [0.15, 0.2) is 36.8 Å². The van der Waals surface area contributed by atoms with E-state index in [1.54, 1.807) is 13.8 Å². The Morgan fingerprint density at radius 1 is 0.608 bits per heavy atom. The van der Waals surface area contributed by atoms with Gasteiger partial charge in [-0.15, -0.1) is 0 Å². The molecule has 0 saturated heterocycles. The summed E-state index contributed by atoms with van der Waals surface area (Å²) < 4.78 is 0. The first-order chi connectivity index (χ1) is 37.2. The number of imidazole rings is 1. The summed E-state index contributed by atoms with van der Waals surface area (Å²) in [6.45, 7) is 1.82. The minimum atomic E-state index is -1.91. The van der Waals surface area contributed by atoms with Gasteiger partial charge in [-0.1, -0.05) is 32.4 Å². The maximum Gasteiger partial charge on any atom is 0.326 e. The molecule has 79 heavy (non-hydrogen) atoms. The molecule has 1 aromatic carbocycles. The first-order valence-electron chi connectivity index (χ1n) is 24.8. The molecule has 0 fully saturated rings.